The lowest BCUT2D eigenvalue weighted by Gasteiger charge is -2.40. The number of anilines is 1. The summed E-state index contributed by atoms with van der Waals surface area (Å²) in [7, 11) is 2.20. The molecule has 3 atom stereocenters. The minimum Gasteiger partial charge on any atom is -0.508 e. The van der Waals surface area contributed by atoms with Crippen LogP contribution in [0.4, 0.5) is 5.69 Å². The molecule has 2 N–H and O–H groups in total. The number of hydrogen-bond acceptors (Lipinski definition) is 3. The topological polar surface area (TPSA) is 35.5 Å². The molecule has 100 valence electrons. The fourth-order valence-electron chi connectivity index (χ4n) is 2.75. The van der Waals surface area contributed by atoms with Gasteiger partial charge in [0, 0.05) is 24.3 Å². The Morgan fingerprint density at radius 1 is 1.33 bits per heavy atom. The van der Waals surface area contributed by atoms with Gasteiger partial charge < -0.3 is 15.3 Å². The molecule has 3 unspecified atom stereocenters. The maximum atomic E-state index is 9.44. The van der Waals surface area contributed by atoms with Crippen molar-refractivity contribution in [2.45, 2.75) is 39.3 Å². The van der Waals surface area contributed by atoms with Crippen LogP contribution < -0.4 is 5.32 Å². The van der Waals surface area contributed by atoms with E-state index >= 15 is 0 Å². The molecule has 3 nitrogen and oxygen atoms in total. The number of phenolic OH excluding ortho intramolecular Hbond substituents is 1. The molecule has 0 radical (unpaired) electrons. The van der Waals surface area contributed by atoms with Gasteiger partial charge in [0.25, 0.3) is 0 Å². The Bertz CT molecular complexity index is 419. The fraction of sp³-hybridized carbons (Fsp3) is 0.600. The van der Waals surface area contributed by atoms with Gasteiger partial charge in [-0.05, 0) is 57.0 Å². The summed E-state index contributed by atoms with van der Waals surface area (Å²) in [5.41, 5.74) is 2.25. The lowest BCUT2D eigenvalue weighted by Crippen LogP contribution is -2.48. The van der Waals surface area contributed by atoms with Crippen LogP contribution >= 0.6 is 0 Å². The van der Waals surface area contributed by atoms with E-state index in [0.29, 0.717) is 23.8 Å². The summed E-state index contributed by atoms with van der Waals surface area (Å²) in [6.07, 6.45) is 1.16. The van der Waals surface area contributed by atoms with Crippen LogP contribution in [0.25, 0.3) is 0 Å². The van der Waals surface area contributed by atoms with Gasteiger partial charge in [0.1, 0.15) is 5.75 Å². The van der Waals surface area contributed by atoms with Gasteiger partial charge in [0.2, 0.25) is 0 Å². The first-order valence-corrected chi connectivity index (χ1v) is 6.73. The second-order valence-corrected chi connectivity index (χ2v) is 5.75. The molecule has 1 aromatic carbocycles. The third kappa shape index (κ3) is 2.78. The van der Waals surface area contributed by atoms with Crippen LogP contribution in [0.2, 0.25) is 0 Å². The Balaban J connectivity index is 2.08. The second-order valence-electron chi connectivity index (χ2n) is 5.75. The Kier molecular flexibility index (Phi) is 3.81. The molecule has 3 heteroatoms. The highest BCUT2D eigenvalue weighted by molar-refractivity contribution is 5.54. The summed E-state index contributed by atoms with van der Waals surface area (Å²) in [6, 6.07) is 6.67. The molecule has 1 fully saturated rings. The zero-order valence-corrected chi connectivity index (χ0v) is 11.8. The molecule has 18 heavy (non-hydrogen) atoms. The monoisotopic (exact) mass is 248 g/mol. The average molecular weight is 248 g/mol. The molecular formula is C15H24N2O. The average Bonchev–Trinajstić information content (AvgIpc) is 2.29. The zero-order valence-electron chi connectivity index (χ0n) is 11.8. The largest absolute Gasteiger partial charge is 0.508 e. The third-order valence-electron chi connectivity index (χ3n) is 4.16. The fourth-order valence-corrected chi connectivity index (χ4v) is 2.75. The third-order valence-corrected chi connectivity index (χ3v) is 4.16. The number of aryl methyl sites for hydroxylation is 1. The highest BCUT2D eigenvalue weighted by Gasteiger charge is 2.28. The van der Waals surface area contributed by atoms with E-state index in [-0.39, 0.29) is 0 Å². The normalized spacial score (nSPS) is 29.2. The molecular weight excluding hydrogens is 224 g/mol. The van der Waals surface area contributed by atoms with E-state index in [9.17, 15) is 5.11 Å². The number of rotatable bonds is 2. The van der Waals surface area contributed by atoms with Crippen LogP contribution in [0.5, 0.6) is 5.75 Å². The van der Waals surface area contributed by atoms with E-state index in [0.717, 1.165) is 24.2 Å². The first-order valence-electron chi connectivity index (χ1n) is 6.73. The van der Waals surface area contributed by atoms with Crippen molar-refractivity contribution < 1.29 is 5.11 Å². The number of likely N-dealkylation sites (tertiary alicyclic amines) is 1. The Morgan fingerprint density at radius 2 is 2.06 bits per heavy atom. The molecule has 0 aliphatic carbocycles. The van der Waals surface area contributed by atoms with Crippen molar-refractivity contribution in [2.24, 2.45) is 5.92 Å². The van der Waals surface area contributed by atoms with Gasteiger partial charge in [-0.25, -0.2) is 0 Å². The first-order chi connectivity index (χ1) is 8.47. The lowest BCUT2D eigenvalue weighted by atomic mass is 9.89. The van der Waals surface area contributed by atoms with Gasteiger partial charge in [-0.15, -0.1) is 0 Å². The van der Waals surface area contributed by atoms with E-state index in [1.165, 1.54) is 0 Å². The highest BCUT2D eigenvalue weighted by atomic mass is 16.3. The molecule has 0 bridgehead atoms. The standard InChI is InChI=1S/C15H24N2O/c1-10-7-13(18)5-6-14(10)16-15-8-12(3)17(4)9-11(15)2/h5-7,11-12,15-16,18H,8-9H2,1-4H3. The molecule has 1 aromatic rings. The maximum absolute atomic E-state index is 9.44. The molecule has 1 aliphatic rings. The number of piperidine rings is 1. The molecule has 0 saturated carbocycles. The van der Waals surface area contributed by atoms with Crippen molar-refractivity contribution in [3.63, 3.8) is 0 Å². The summed E-state index contributed by atoms with van der Waals surface area (Å²) >= 11 is 0. The van der Waals surface area contributed by atoms with Gasteiger partial charge >= 0.3 is 0 Å². The smallest absolute Gasteiger partial charge is 0.115 e. The Morgan fingerprint density at radius 3 is 2.72 bits per heavy atom. The minimum atomic E-state index is 0.336. The SMILES string of the molecule is Cc1cc(O)ccc1NC1CC(C)N(C)CC1C. The van der Waals surface area contributed by atoms with Crippen LogP contribution in [0, 0.1) is 12.8 Å². The van der Waals surface area contributed by atoms with Crippen molar-refractivity contribution in [2.75, 3.05) is 18.9 Å². The van der Waals surface area contributed by atoms with Crippen molar-refractivity contribution in [3.05, 3.63) is 23.8 Å². The number of aromatic hydroxyl groups is 1. The number of phenols is 1. The van der Waals surface area contributed by atoms with Crippen LogP contribution in [0.15, 0.2) is 18.2 Å². The summed E-state index contributed by atoms with van der Waals surface area (Å²) in [5, 5.41) is 13.1. The molecule has 1 saturated heterocycles. The van der Waals surface area contributed by atoms with Gasteiger partial charge in [0.15, 0.2) is 0 Å². The van der Waals surface area contributed by atoms with Crippen molar-refractivity contribution in [1.82, 2.24) is 4.90 Å². The molecule has 2 rings (SSSR count). The Labute approximate surface area is 110 Å². The van der Waals surface area contributed by atoms with E-state index in [1.54, 1.807) is 6.07 Å². The lowest BCUT2D eigenvalue weighted by molar-refractivity contribution is 0.145. The molecule has 1 aliphatic heterocycles. The molecule has 0 amide bonds. The Hall–Kier alpha value is -1.22. The van der Waals surface area contributed by atoms with Gasteiger partial charge in [0.05, 0.1) is 0 Å². The number of nitrogens with one attached hydrogen (secondary N) is 1. The summed E-state index contributed by atoms with van der Waals surface area (Å²) < 4.78 is 0. The predicted molar refractivity (Wildman–Crippen MR) is 76.1 cm³/mol. The van der Waals surface area contributed by atoms with E-state index in [1.807, 2.05) is 19.1 Å². The summed E-state index contributed by atoms with van der Waals surface area (Å²) in [4.78, 5) is 2.42. The van der Waals surface area contributed by atoms with Gasteiger partial charge in [-0.2, -0.15) is 0 Å². The first kappa shape index (κ1) is 13.2. The number of benzene rings is 1. The van der Waals surface area contributed by atoms with Crippen LogP contribution in [0.1, 0.15) is 25.8 Å². The van der Waals surface area contributed by atoms with Crippen molar-refractivity contribution in [3.8, 4) is 5.75 Å². The second kappa shape index (κ2) is 5.19. The van der Waals surface area contributed by atoms with Gasteiger partial charge in [-0.3, -0.25) is 0 Å². The summed E-state index contributed by atoms with van der Waals surface area (Å²) in [5.74, 6) is 0.974. The van der Waals surface area contributed by atoms with Crippen molar-refractivity contribution in [1.29, 1.82) is 0 Å². The highest BCUT2D eigenvalue weighted by Crippen LogP contribution is 2.27. The number of hydrogen-bond donors (Lipinski definition) is 2. The minimum absolute atomic E-state index is 0.336. The van der Waals surface area contributed by atoms with Gasteiger partial charge in [-0.1, -0.05) is 6.92 Å². The quantitative estimate of drug-likeness (QED) is 0.790. The molecule has 0 spiro atoms. The maximum Gasteiger partial charge on any atom is 0.115 e. The summed E-state index contributed by atoms with van der Waals surface area (Å²) in [6.45, 7) is 7.75. The van der Waals surface area contributed by atoms with Crippen LogP contribution in [0.3, 0.4) is 0 Å². The number of nitrogens with zero attached hydrogens (tertiary/aromatic N) is 1. The van der Waals surface area contributed by atoms with Crippen molar-refractivity contribution >= 4 is 5.69 Å². The van der Waals surface area contributed by atoms with E-state index < -0.39 is 0 Å². The predicted octanol–water partition coefficient (Wildman–Crippen LogP) is 2.84. The zero-order chi connectivity index (χ0) is 13.3. The van der Waals surface area contributed by atoms with E-state index in [2.05, 4.69) is 31.1 Å². The van der Waals surface area contributed by atoms with Crippen LogP contribution in [-0.4, -0.2) is 35.7 Å². The molecule has 0 aromatic heterocycles. The van der Waals surface area contributed by atoms with E-state index in [4.69, 9.17) is 0 Å². The molecule has 1 heterocycles. The van der Waals surface area contributed by atoms with Crippen LogP contribution in [-0.2, 0) is 0 Å².